The fraction of sp³-hybridized carbons (Fsp3) is 0.208. The zero-order valence-electron chi connectivity index (χ0n) is 18.0. The molecule has 9 nitrogen and oxygen atoms in total. The number of ether oxygens (including phenoxy) is 2. The standard InChI is InChI=1S/C24H22N4O5/c1-32-17-6-7-19-18(14-17)24(29)22-20(8-9-21(28(30)31)23(22)26-19)25-15-2-4-16(5-3-15)27-10-12-33-13-11-27/h2-9,14,25H,10-13H2,1H3,(H,26,29). The molecule has 5 rings (SSSR count). The summed E-state index contributed by atoms with van der Waals surface area (Å²) in [5.74, 6) is 0.533. The van der Waals surface area contributed by atoms with E-state index in [1.165, 1.54) is 13.2 Å². The van der Waals surface area contributed by atoms with Gasteiger partial charge in [0, 0.05) is 35.9 Å². The van der Waals surface area contributed by atoms with Crippen LogP contribution in [0.5, 0.6) is 5.75 Å². The van der Waals surface area contributed by atoms with E-state index in [0.717, 1.165) is 24.5 Å². The molecular weight excluding hydrogens is 424 g/mol. The zero-order chi connectivity index (χ0) is 22.9. The minimum atomic E-state index is -0.492. The Morgan fingerprint density at radius 1 is 1.09 bits per heavy atom. The van der Waals surface area contributed by atoms with E-state index in [1.54, 1.807) is 24.3 Å². The molecule has 0 radical (unpaired) electrons. The minimum absolute atomic E-state index is 0.159. The molecule has 3 aromatic carbocycles. The van der Waals surface area contributed by atoms with Crippen molar-refractivity contribution in [1.82, 2.24) is 4.98 Å². The Hall–Kier alpha value is -4.11. The summed E-state index contributed by atoms with van der Waals surface area (Å²) in [7, 11) is 1.52. The number of hydrogen-bond donors (Lipinski definition) is 2. The molecule has 1 aliphatic rings. The molecule has 9 heteroatoms. The number of nitro benzene ring substituents is 1. The first kappa shape index (κ1) is 20.8. The molecule has 0 saturated carbocycles. The maximum Gasteiger partial charge on any atom is 0.293 e. The van der Waals surface area contributed by atoms with E-state index >= 15 is 0 Å². The lowest BCUT2D eigenvalue weighted by Crippen LogP contribution is -2.36. The molecule has 0 aliphatic carbocycles. The number of aromatic nitrogens is 1. The molecule has 0 spiro atoms. The van der Waals surface area contributed by atoms with Gasteiger partial charge in [0.05, 0.1) is 41.8 Å². The molecule has 0 unspecified atom stereocenters. The largest absolute Gasteiger partial charge is 0.497 e. The van der Waals surface area contributed by atoms with Gasteiger partial charge in [0.1, 0.15) is 11.3 Å². The summed E-state index contributed by atoms with van der Waals surface area (Å²) in [5, 5.41) is 15.5. The predicted molar refractivity (Wildman–Crippen MR) is 128 cm³/mol. The summed E-state index contributed by atoms with van der Waals surface area (Å²) in [4.78, 5) is 29.9. The maximum absolute atomic E-state index is 13.4. The highest BCUT2D eigenvalue weighted by molar-refractivity contribution is 6.04. The lowest BCUT2D eigenvalue weighted by atomic mass is 10.1. The summed E-state index contributed by atoms with van der Waals surface area (Å²) in [5.41, 5.74) is 2.56. The third-order valence-corrected chi connectivity index (χ3v) is 5.86. The van der Waals surface area contributed by atoms with Gasteiger partial charge in [0.15, 0.2) is 5.43 Å². The predicted octanol–water partition coefficient (Wildman–Crippen LogP) is 4.18. The van der Waals surface area contributed by atoms with Gasteiger partial charge in [-0.05, 0) is 48.5 Å². The number of aromatic amines is 1. The Kier molecular flexibility index (Phi) is 5.31. The summed E-state index contributed by atoms with van der Waals surface area (Å²) in [6.07, 6.45) is 0. The number of nitro groups is 1. The molecule has 1 aliphatic heterocycles. The van der Waals surface area contributed by atoms with Gasteiger partial charge in [-0.3, -0.25) is 14.9 Å². The van der Waals surface area contributed by atoms with Crippen LogP contribution in [0, 0.1) is 10.1 Å². The molecule has 1 aromatic heterocycles. The van der Waals surface area contributed by atoms with Crippen molar-refractivity contribution in [3.63, 3.8) is 0 Å². The van der Waals surface area contributed by atoms with Gasteiger partial charge in [-0.25, -0.2) is 0 Å². The normalized spacial score (nSPS) is 13.9. The topological polar surface area (TPSA) is 110 Å². The van der Waals surface area contributed by atoms with Crippen molar-refractivity contribution in [3.05, 3.63) is 74.9 Å². The number of H-pyrrole nitrogens is 1. The summed E-state index contributed by atoms with van der Waals surface area (Å²) < 4.78 is 10.7. The SMILES string of the molecule is COc1ccc2[nH]c3c([N+](=O)[O-])ccc(Nc4ccc(N5CCOCC5)cc4)c3c(=O)c2c1. The molecule has 0 bridgehead atoms. The van der Waals surface area contributed by atoms with E-state index in [2.05, 4.69) is 15.2 Å². The van der Waals surface area contributed by atoms with Crippen LogP contribution in [0.3, 0.4) is 0 Å². The molecule has 2 heterocycles. The average Bonchev–Trinajstić information content (AvgIpc) is 2.85. The quantitative estimate of drug-likeness (QED) is 0.269. The number of anilines is 3. The van der Waals surface area contributed by atoms with Crippen molar-refractivity contribution < 1.29 is 14.4 Å². The maximum atomic E-state index is 13.4. The highest BCUT2D eigenvalue weighted by Crippen LogP contribution is 2.32. The third-order valence-electron chi connectivity index (χ3n) is 5.86. The lowest BCUT2D eigenvalue weighted by molar-refractivity contribution is -0.383. The van der Waals surface area contributed by atoms with Crippen LogP contribution < -0.4 is 20.4 Å². The van der Waals surface area contributed by atoms with Crippen molar-refractivity contribution in [3.8, 4) is 5.75 Å². The minimum Gasteiger partial charge on any atom is -0.497 e. The fourth-order valence-electron chi connectivity index (χ4n) is 4.16. The van der Waals surface area contributed by atoms with Gasteiger partial charge in [0.2, 0.25) is 0 Å². The van der Waals surface area contributed by atoms with E-state index in [1.807, 2.05) is 24.3 Å². The number of methoxy groups -OCH3 is 1. The molecule has 0 amide bonds. The van der Waals surface area contributed by atoms with Crippen LogP contribution in [0.15, 0.2) is 59.4 Å². The second-order valence-electron chi connectivity index (χ2n) is 7.78. The van der Waals surface area contributed by atoms with Gasteiger partial charge < -0.3 is 24.7 Å². The van der Waals surface area contributed by atoms with E-state index in [9.17, 15) is 14.9 Å². The van der Waals surface area contributed by atoms with Gasteiger partial charge in [-0.2, -0.15) is 0 Å². The number of non-ortho nitro benzene ring substituents is 1. The third kappa shape index (κ3) is 3.83. The highest BCUT2D eigenvalue weighted by atomic mass is 16.6. The first-order valence-electron chi connectivity index (χ1n) is 10.6. The summed E-state index contributed by atoms with van der Waals surface area (Å²) in [6, 6.07) is 15.9. The van der Waals surface area contributed by atoms with Gasteiger partial charge in [-0.1, -0.05) is 0 Å². The summed E-state index contributed by atoms with van der Waals surface area (Å²) >= 11 is 0. The van der Waals surface area contributed by atoms with Crippen LogP contribution in [0.25, 0.3) is 21.8 Å². The molecule has 33 heavy (non-hydrogen) atoms. The smallest absolute Gasteiger partial charge is 0.293 e. The molecule has 0 atom stereocenters. The van der Waals surface area contributed by atoms with Crippen molar-refractivity contribution in [2.24, 2.45) is 0 Å². The number of morpholine rings is 1. The van der Waals surface area contributed by atoms with Gasteiger partial charge >= 0.3 is 0 Å². The molecule has 2 N–H and O–H groups in total. The first-order valence-corrected chi connectivity index (χ1v) is 10.6. The Morgan fingerprint density at radius 3 is 2.55 bits per heavy atom. The van der Waals surface area contributed by atoms with E-state index in [-0.39, 0.29) is 22.0 Å². The molecular formula is C24H22N4O5. The Bertz CT molecular complexity index is 1410. The van der Waals surface area contributed by atoms with Crippen LogP contribution in [-0.2, 0) is 4.74 Å². The second kappa shape index (κ2) is 8.44. The second-order valence-corrected chi connectivity index (χ2v) is 7.78. The van der Waals surface area contributed by atoms with E-state index < -0.39 is 4.92 Å². The number of nitrogens with zero attached hydrogens (tertiary/aromatic N) is 2. The Balaban J connectivity index is 1.60. The van der Waals surface area contributed by atoms with Crippen LogP contribution in [0.4, 0.5) is 22.7 Å². The fourth-order valence-corrected chi connectivity index (χ4v) is 4.16. The van der Waals surface area contributed by atoms with Crippen molar-refractivity contribution in [1.29, 1.82) is 0 Å². The number of hydrogen-bond acceptors (Lipinski definition) is 7. The number of nitrogens with one attached hydrogen (secondary N) is 2. The number of rotatable bonds is 5. The van der Waals surface area contributed by atoms with Crippen LogP contribution in [0.2, 0.25) is 0 Å². The lowest BCUT2D eigenvalue weighted by Gasteiger charge is -2.29. The zero-order valence-corrected chi connectivity index (χ0v) is 18.0. The average molecular weight is 446 g/mol. The molecule has 1 fully saturated rings. The van der Waals surface area contributed by atoms with Gasteiger partial charge in [-0.15, -0.1) is 0 Å². The Morgan fingerprint density at radius 2 is 1.85 bits per heavy atom. The van der Waals surface area contributed by atoms with Gasteiger partial charge in [0.25, 0.3) is 5.69 Å². The highest BCUT2D eigenvalue weighted by Gasteiger charge is 2.20. The van der Waals surface area contributed by atoms with E-state index in [0.29, 0.717) is 35.6 Å². The molecule has 4 aromatic rings. The van der Waals surface area contributed by atoms with Crippen molar-refractivity contribution >= 4 is 44.6 Å². The molecule has 168 valence electrons. The first-order chi connectivity index (χ1) is 16.0. The van der Waals surface area contributed by atoms with Crippen molar-refractivity contribution in [2.75, 3.05) is 43.6 Å². The van der Waals surface area contributed by atoms with E-state index in [4.69, 9.17) is 9.47 Å². The van der Waals surface area contributed by atoms with Crippen LogP contribution in [0.1, 0.15) is 0 Å². The number of pyridine rings is 1. The monoisotopic (exact) mass is 446 g/mol. The van der Waals surface area contributed by atoms with Crippen LogP contribution in [-0.4, -0.2) is 43.3 Å². The van der Waals surface area contributed by atoms with Crippen molar-refractivity contribution in [2.45, 2.75) is 0 Å². The molecule has 1 saturated heterocycles. The Labute approximate surface area is 188 Å². The number of benzene rings is 3. The summed E-state index contributed by atoms with van der Waals surface area (Å²) in [6.45, 7) is 3.09. The van der Waals surface area contributed by atoms with Crippen LogP contribution >= 0.6 is 0 Å². The number of fused-ring (bicyclic) bond motifs is 2.